The highest BCUT2D eigenvalue weighted by Gasteiger charge is 2.01. The number of carbonyl (C=O) groups is 1. The number of ether oxygens (including phenoxy) is 2. The molecule has 0 aliphatic heterocycles. The van der Waals surface area contributed by atoms with Crippen molar-refractivity contribution in [3.8, 4) is 11.5 Å². The number of aliphatic hydroxyl groups is 1. The van der Waals surface area contributed by atoms with Gasteiger partial charge in [0, 0.05) is 13.5 Å². The van der Waals surface area contributed by atoms with Crippen molar-refractivity contribution in [1.29, 1.82) is 0 Å². The lowest BCUT2D eigenvalue weighted by atomic mass is 10.2. The minimum Gasteiger partial charge on any atom is -0.493 e. The molecule has 5 nitrogen and oxygen atoms in total. The van der Waals surface area contributed by atoms with Crippen LogP contribution in [0.5, 0.6) is 11.5 Å². The molecule has 0 aliphatic carbocycles. The maximum absolute atomic E-state index is 9.00. The van der Waals surface area contributed by atoms with Crippen LogP contribution in [0, 0.1) is 0 Å². The number of aliphatic hydroxyl groups excluding tert-OH is 1. The molecule has 0 unspecified atom stereocenters. The van der Waals surface area contributed by atoms with E-state index in [4.69, 9.17) is 24.5 Å². The Morgan fingerprint density at radius 1 is 1.26 bits per heavy atom. The Labute approximate surface area is 113 Å². The Kier molecular flexibility index (Phi) is 8.91. The van der Waals surface area contributed by atoms with Gasteiger partial charge < -0.3 is 19.7 Å². The molecule has 1 aromatic carbocycles. The summed E-state index contributed by atoms with van der Waals surface area (Å²) >= 11 is 0. The van der Waals surface area contributed by atoms with Crippen molar-refractivity contribution in [3.05, 3.63) is 29.8 Å². The van der Waals surface area contributed by atoms with Crippen molar-refractivity contribution in [3.63, 3.8) is 0 Å². The van der Waals surface area contributed by atoms with Crippen LogP contribution in [0.15, 0.2) is 24.3 Å². The predicted octanol–water partition coefficient (Wildman–Crippen LogP) is 2.19. The molecule has 0 radical (unpaired) electrons. The quantitative estimate of drug-likeness (QED) is 0.856. The first-order valence-electron chi connectivity index (χ1n) is 5.74. The van der Waals surface area contributed by atoms with E-state index in [-0.39, 0.29) is 6.61 Å². The highest BCUT2D eigenvalue weighted by atomic mass is 16.5. The number of rotatable bonds is 5. The van der Waals surface area contributed by atoms with Crippen molar-refractivity contribution in [2.24, 2.45) is 0 Å². The van der Waals surface area contributed by atoms with Gasteiger partial charge in [0.15, 0.2) is 11.5 Å². The van der Waals surface area contributed by atoms with Crippen LogP contribution in [0.25, 0.3) is 6.08 Å². The van der Waals surface area contributed by atoms with E-state index < -0.39 is 5.97 Å². The number of carboxylic acid groups (broad SMARTS) is 1. The van der Waals surface area contributed by atoms with Gasteiger partial charge in [-0.05, 0) is 24.1 Å². The molecule has 0 bridgehead atoms. The summed E-state index contributed by atoms with van der Waals surface area (Å²) in [6.45, 7) is 1.25. The molecule has 0 aliphatic rings. The smallest absolute Gasteiger partial charge is 0.300 e. The largest absolute Gasteiger partial charge is 0.493 e. The zero-order valence-corrected chi connectivity index (χ0v) is 11.4. The molecule has 1 aromatic rings. The van der Waals surface area contributed by atoms with Crippen LogP contribution in [0.4, 0.5) is 0 Å². The van der Waals surface area contributed by atoms with Crippen molar-refractivity contribution >= 4 is 12.0 Å². The summed E-state index contributed by atoms with van der Waals surface area (Å²) in [5.41, 5.74) is 1.03. The fourth-order valence-corrected chi connectivity index (χ4v) is 1.25. The second kappa shape index (κ2) is 9.96. The van der Waals surface area contributed by atoms with Crippen LogP contribution < -0.4 is 9.47 Å². The van der Waals surface area contributed by atoms with Crippen molar-refractivity contribution in [1.82, 2.24) is 0 Å². The number of benzene rings is 1. The normalized spacial score (nSPS) is 9.68. The lowest BCUT2D eigenvalue weighted by molar-refractivity contribution is -0.134. The molecular formula is C14H20O5. The van der Waals surface area contributed by atoms with Crippen LogP contribution in [0.3, 0.4) is 0 Å². The summed E-state index contributed by atoms with van der Waals surface area (Å²) in [6.07, 6.45) is 4.52. The fourth-order valence-electron chi connectivity index (χ4n) is 1.25. The second-order valence-corrected chi connectivity index (χ2v) is 3.55. The standard InChI is InChI=1S/C12H16O3.C2H4O2/c1-14-11-7-6-10(5-3-4-8-13)9-12(11)15-2;1-2(3)4/h3,5-7,9,13H,4,8H2,1-2H3;1H3,(H,3,4)/b5-3+;. The van der Waals surface area contributed by atoms with Crippen LogP contribution in [0.2, 0.25) is 0 Å². The maximum atomic E-state index is 9.00. The highest BCUT2D eigenvalue weighted by molar-refractivity contribution is 5.63. The Morgan fingerprint density at radius 3 is 2.32 bits per heavy atom. The molecule has 0 saturated carbocycles. The van der Waals surface area contributed by atoms with E-state index in [1.54, 1.807) is 14.2 Å². The Hall–Kier alpha value is -2.01. The minimum atomic E-state index is -0.833. The van der Waals surface area contributed by atoms with Gasteiger partial charge in [0.2, 0.25) is 0 Å². The topological polar surface area (TPSA) is 76.0 Å². The molecular weight excluding hydrogens is 248 g/mol. The highest BCUT2D eigenvalue weighted by Crippen LogP contribution is 2.27. The Morgan fingerprint density at radius 2 is 1.84 bits per heavy atom. The lowest BCUT2D eigenvalue weighted by Gasteiger charge is -2.07. The van der Waals surface area contributed by atoms with E-state index in [9.17, 15) is 0 Å². The van der Waals surface area contributed by atoms with Crippen LogP contribution in [-0.2, 0) is 4.79 Å². The number of aliphatic carboxylic acids is 1. The van der Waals surface area contributed by atoms with Gasteiger partial charge in [-0.1, -0.05) is 18.2 Å². The summed E-state index contributed by atoms with van der Waals surface area (Å²) in [7, 11) is 3.22. The summed E-state index contributed by atoms with van der Waals surface area (Å²) in [6, 6.07) is 5.69. The van der Waals surface area contributed by atoms with Crippen molar-refractivity contribution < 1.29 is 24.5 Å². The van der Waals surface area contributed by atoms with Gasteiger partial charge in [-0.15, -0.1) is 0 Å². The van der Waals surface area contributed by atoms with E-state index >= 15 is 0 Å². The van der Waals surface area contributed by atoms with Gasteiger partial charge in [0.1, 0.15) is 0 Å². The maximum Gasteiger partial charge on any atom is 0.300 e. The summed E-state index contributed by atoms with van der Waals surface area (Å²) in [4.78, 5) is 9.00. The lowest BCUT2D eigenvalue weighted by Crippen LogP contribution is -1.90. The number of hydrogen-bond acceptors (Lipinski definition) is 4. The van der Waals surface area contributed by atoms with Gasteiger partial charge >= 0.3 is 0 Å². The van der Waals surface area contributed by atoms with E-state index in [1.165, 1.54) is 0 Å². The Balaban J connectivity index is 0.000000711. The third-order valence-corrected chi connectivity index (χ3v) is 2.01. The molecule has 106 valence electrons. The van der Waals surface area contributed by atoms with Crippen LogP contribution in [-0.4, -0.2) is 37.0 Å². The Bertz CT molecular complexity index is 408. The average molecular weight is 268 g/mol. The van der Waals surface area contributed by atoms with Gasteiger partial charge in [0.05, 0.1) is 14.2 Å². The summed E-state index contributed by atoms with van der Waals surface area (Å²) < 4.78 is 10.3. The molecule has 0 heterocycles. The van der Waals surface area contributed by atoms with Gasteiger partial charge in [-0.2, -0.15) is 0 Å². The van der Waals surface area contributed by atoms with E-state index in [2.05, 4.69) is 0 Å². The van der Waals surface area contributed by atoms with Crippen LogP contribution in [0.1, 0.15) is 18.9 Å². The van der Waals surface area contributed by atoms with Gasteiger partial charge in [-0.3, -0.25) is 4.79 Å². The zero-order valence-electron chi connectivity index (χ0n) is 11.4. The summed E-state index contributed by atoms with van der Waals surface area (Å²) in [5.74, 6) is 0.598. The van der Waals surface area contributed by atoms with Gasteiger partial charge in [0.25, 0.3) is 5.97 Å². The van der Waals surface area contributed by atoms with E-state index in [0.29, 0.717) is 12.2 Å². The molecule has 19 heavy (non-hydrogen) atoms. The number of methoxy groups -OCH3 is 2. The third kappa shape index (κ3) is 7.83. The zero-order chi connectivity index (χ0) is 14.7. The molecule has 0 fully saturated rings. The molecule has 0 atom stereocenters. The third-order valence-electron chi connectivity index (χ3n) is 2.01. The number of hydrogen-bond donors (Lipinski definition) is 2. The molecule has 0 amide bonds. The molecule has 5 heteroatoms. The first-order chi connectivity index (χ1) is 9.04. The van der Waals surface area contributed by atoms with Gasteiger partial charge in [-0.25, -0.2) is 0 Å². The molecule has 0 saturated heterocycles. The van der Waals surface area contributed by atoms with E-state index in [0.717, 1.165) is 18.2 Å². The minimum absolute atomic E-state index is 0.170. The van der Waals surface area contributed by atoms with Crippen LogP contribution >= 0.6 is 0 Å². The first-order valence-corrected chi connectivity index (χ1v) is 5.74. The van der Waals surface area contributed by atoms with E-state index in [1.807, 2.05) is 30.4 Å². The summed E-state index contributed by atoms with van der Waals surface area (Å²) in [5, 5.41) is 16.0. The monoisotopic (exact) mass is 268 g/mol. The molecule has 0 spiro atoms. The van der Waals surface area contributed by atoms with Crippen molar-refractivity contribution in [2.75, 3.05) is 20.8 Å². The molecule has 0 aromatic heterocycles. The average Bonchev–Trinajstić information content (AvgIpc) is 2.38. The predicted molar refractivity (Wildman–Crippen MR) is 73.6 cm³/mol. The molecule has 1 rings (SSSR count). The SMILES string of the molecule is CC(=O)O.COc1ccc(/C=C/CCO)cc1OC. The van der Waals surface area contributed by atoms with Crippen molar-refractivity contribution in [2.45, 2.75) is 13.3 Å². The fraction of sp³-hybridized carbons (Fsp3) is 0.357. The second-order valence-electron chi connectivity index (χ2n) is 3.55. The molecule has 2 N–H and O–H groups in total. The first kappa shape index (κ1) is 17.0. The number of carboxylic acids is 1.